The van der Waals surface area contributed by atoms with Crippen LogP contribution < -0.4 is 16.4 Å². The maximum absolute atomic E-state index is 11.3. The monoisotopic (exact) mass is 289 g/mol. The number of hydrogen-bond acceptors (Lipinski definition) is 5. The summed E-state index contributed by atoms with van der Waals surface area (Å²) in [4.78, 5) is 21.7. The fraction of sp³-hybridized carbons (Fsp3) is 0.833. The van der Waals surface area contributed by atoms with Crippen LogP contribution >= 0.6 is 11.8 Å². The zero-order chi connectivity index (χ0) is 14.1. The van der Waals surface area contributed by atoms with E-state index in [0.29, 0.717) is 24.6 Å². The van der Waals surface area contributed by atoms with Crippen molar-refractivity contribution in [3.05, 3.63) is 0 Å². The zero-order valence-electron chi connectivity index (χ0n) is 11.0. The van der Waals surface area contributed by atoms with Crippen LogP contribution in [0.5, 0.6) is 0 Å². The van der Waals surface area contributed by atoms with Gasteiger partial charge < -0.3 is 21.5 Å². The second-order valence-corrected chi connectivity index (χ2v) is 5.93. The molecule has 1 aliphatic rings. The van der Waals surface area contributed by atoms with E-state index in [0.717, 1.165) is 25.0 Å². The molecule has 0 saturated carbocycles. The molecule has 6 nitrogen and oxygen atoms in total. The summed E-state index contributed by atoms with van der Waals surface area (Å²) in [6.45, 7) is 0.297. The lowest BCUT2D eigenvalue weighted by Crippen LogP contribution is -2.46. The number of nitrogens with one attached hydrogen (secondary N) is 2. The molecule has 19 heavy (non-hydrogen) atoms. The van der Waals surface area contributed by atoms with Gasteiger partial charge in [-0.3, -0.25) is 9.59 Å². The largest absolute Gasteiger partial charge is 0.395 e. The second kappa shape index (κ2) is 9.17. The number of rotatable bonds is 9. The van der Waals surface area contributed by atoms with Gasteiger partial charge >= 0.3 is 0 Å². The third-order valence-corrected chi connectivity index (χ3v) is 4.77. The Labute approximate surface area is 117 Å². The number of thioether (sulfide) groups is 1. The van der Waals surface area contributed by atoms with E-state index < -0.39 is 0 Å². The van der Waals surface area contributed by atoms with Crippen LogP contribution in [0.25, 0.3) is 0 Å². The van der Waals surface area contributed by atoms with Crippen LogP contribution in [0.3, 0.4) is 0 Å². The first-order valence-electron chi connectivity index (χ1n) is 6.63. The molecule has 0 spiro atoms. The predicted molar refractivity (Wildman–Crippen MR) is 75.8 cm³/mol. The molecule has 0 bridgehead atoms. The van der Waals surface area contributed by atoms with Gasteiger partial charge in [-0.05, 0) is 12.8 Å². The molecule has 1 fully saturated rings. The lowest BCUT2D eigenvalue weighted by Gasteiger charge is -2.18. The molecule has 0 aromatic carbocycles. The number of unbranched alkanes of at least 4 members (excludes halogenated alkanes) is 1. The molecule has 2 amide bonds. The third-order valence-electron chi connectivity index (χ3n) is 3.24. The number of carbonyl (C=O) groups is 2. The van der Waals surface area contributed by atoms with Crippen molar-refractivity contribution in [1.29, 1.82) is 0 Å². The normalized spacial score (nSPS) is 26.1. The van der Waals surface area contributed by atoms with Gasteiger partial charge in [-0.2, -0.15) is 11.8 Å². The molecule has 2 unspecified atom stereocenters. The number of carbonyl (C=O) groups excluding carboxylic acids is 2. The molecule has 1 saturated heterocycles. The van der Waals surface area contributed by atoms with Gasteiger partial charge in [-0.1, -0.05) is 6.42 Å². The Morgan fingerprint density at radius 3 is 2.95 bits per heavy atom. The van der Waals surface area contributed by atoms with Gasteiger partial charge in [-0.25, -0.2) is 0 Å². The quantitative estimate of drug-likeness (QED) is 0.329. The lowest BCUT2D eigenvalue weighted by atomic mass is 10.0. The van der Waals surface area contributed by atoms with E-state index in [1.807, 2.05) is 0 Å². The molecule has 1 heterocycles. The van der Waals surface area contributed by atoms with Crippen LogP contribution in [-0.4, -0.2) is 53.7 Å². The van der Waals surface area contributed by atoms with E-state index in [2.05, 4.69) is 10.6 Å². The van der Waals surface area contributed by atoms with E-state index in [9.17, 15) is 9.59 Å². The molecule has 1 aliphatic heterocycles. The van der Waals surface area contributed by atoms with Crippen molar-refractivity contribution in [1.82, 2.24) is 10.6 Å². The Hall–Kier alpha value is -0.790. The van der Waals surface area contributed by atoms with E-state index in [4.69, 9.17) is 10.8 Å². The molecular formula is C12H23N3O3S. The average molecular weight is 289 g/mol. The van der Waals surface area contributed by atoms with Gasteiger partial charge in [0.25, 0.3) is 0 Å². The van der Waals surface area contributed by atoms with Crippen molar-refractivity contribution in [3.8, 4) is 0 Å². The molecule has 1 rings (SSSR count). The minimum atomic E-state index is -0.0234. The summed E-state index contributed by atoms with van der Waals surface area (Å²) in [5, 5.41) is 14.3. The van der Waals surface area contributed by atoms with E-state index in [1.54, 1.807) is 11.8 Å². The van der Waals surface area contributed by atoms with Crippen molar-refractivity contribution in [2.75, 3.05) is 18.9 Å². The molecule has 110 valence electrons. The molecule has 0 aliphatic carbocycles. The number of hydrogen-bond donors (Lipinski definition) is 4. The summed E-state index contributed by atoms with van der Waals surface area (Å²) < 4.78 is 0. The Morgan fingerprint density at radius 1 is 1.47 bits per heavy atom. The molecule has 0 aromatic heterocycles. The highest BCUT2D eigenvalue weighted by Crippen LogP contribution is 2.29. The minimum Gasteiger partial charge on any atom is -0.395 e. The van der Waals surface area contributed by atoms with Gasteiger partial charge in [0, 0.05) is 30.0 Å². The van der Waals surface area contributed by atoms with Crippen LogP contribution in [-0.2, 0) is 9.59 Å². The summed E-state index contributed by atoms with van der Waals surface area (Å²) in [7, 11) is 0. The Balaban J connectivity index is 2.10. The summed E-state index contributed by atoms with van der Waals surface area (Å²) in [6.07, 6.45) is 3.94. The topological polar surface area (TPSA) is 104 Å². The Kier molecular flexibility index (Phi) is 7.85. The molecule has 0 radical (unpaired) electrons. The van der Waals surface area contributed by atoms with E-state index >= 15 is 0 Å². The molecule has 5 N–H and O–H groups in total. The molecule has 3 atom stereocenters. The molecule has 0 aromatic rings. The fourth-order valence-electron chi connectivity index (χ4n) is 2.15. The van der Waals surface area contributed by atoms with Crippen LogP contribution in [0.1, 0.15) is 25.7 Å². The third kappa shape index (κ3) is 5.80. The summed E-state index contributed by atoms with van der Waals surface area (Å²) in [6, 6.07) is 0.0683. The Morgan fingerprint density at radius 2 is 2.26 bits per heavy atom. The average Bonchev–Trinajstić information content (AvgIpc) is 2.74. The highest BCUT2D eigenvalue weighted by molar-refractivity contribution is 8.00. The highest BCUT2D eigenvalue weighted by Gasteiger charge is 2.33. The van der Waals surface area contributed by atoms with Crippen molar-refractivity contribution in [2.24, 2.45) is 5.73 Å². The summed E-state index contributed by atoms with van der Waals surface area (Å²) in [5.74, 6) is 0.847. The number of aliphatic hydroxyl groups is 1. The SMILES string of the molecule is NC1C(NC=O)CS[C@H]1CCCCC(=O)NCCO. The maximum atomic E-state index is 11.3. The first kappa shape index (κ1) is 16.3. The van der Waals surface area contributed by atoms with Gasteiger partial charge in [0.2, 0.25) is 12.3 Å². The smallest absolute Gasteiger partial charge is 0.220 e. The van der Waals surface area contributed by atoms with Crippen molar-refractivity contribution >= 4 is 24.1 Å². The zero-order valence-corrected chi connectivity index (χ0v) is 11.8. The highest BCUT2D eigenvalue weighted by atomic mass is 32.2. The molecular weight excluding hydrogens is 266 g/mol. The van der Waals surface area contributed by atoms with Crippen LogP contribution in [0.15, 0.2) is 0 Å². The van der Waals surface area contributed by atoms with Crippen molar-refractivity contribution in [3.63, 3.8) is 0 Å². The van der Waals surface area contributed by atoms with Gasteiger partial charge in [0.1, 0.15) is 0 Å². The summed E-state index contributed by atoms with van der Waals surface area (Å²) in [5.41, 5.74) is 6.07. The van der Waals surface area contributed by atoms with E-state index in [-0.39, 0.29) is 24.6 Å². The fourth-order valence-corrected chi connectivity index (χ4v) is 3.66. The minimum absolute atomic E-state index is 0.00147. The van der Waals surface area contributed by atoms with Crippen LogP contribution in [0.4, 0.5) is 0 Å². The number of nitrogens with two attached hydrogens (primary N) is 1. The first-order valence-corrected chi connectivity index (χ1v) is 7.68. The van der Waals surface area contributed by atoms with Crippen molar-refractivity contribution in [2.45, 2.75) is 43.0 Å². The van der Waals surface area contributed by atoms with Crippen LogP contribution in [0, 0.1) is 0 Å². The number of amides is 2. The lowest BCUT2D eigenvalue weighted by molar-refractivity contribution is -0.121. The summed E-state index contributed by atoms with van der Waals surface area (Å²) >= 11 is 1.79. The predicted octanol–water partition coefficient (Wildman–Crippen LogP) is -0.787. The number of aliphatic hydroxyl groups excluding tert-OH is 1. The van der Waals surface area contributed by atoms with Gasteiger partial charge in [0.05, 0.1) is 12.6 Å². The van der Waals surface area contributed by atoms with E-state index in [1.165, 1.54) is 0 Å². The first-order chi connectivity index (χ1) is 9.19. The van der Waals surface area contributed by atoms with Crippen molar-refractivity contribution < 1.29 is 14.7 Å². The van der Waals surface area contributed by atoms with Gasteiger partial charge in [0.15, 0.2) is 0 Å². The standard InChI is InChI=1S/C12H23N3O3S/c13-12-9(15-8-17)7-19-10(12)3-1-2-4-11(18)14-5-6-16/h8-10,12,16H,1-7,13H2,(H,14,18)(H,15,17)/t9?,10-,12?/m0/s1. The Bertz CT molecular complexity index is 291. The van der Waals surface area contributed by atoms with Gasteiger partial charge in [-0.15, -0.1) is 0 Å². The van der Waals surface area contributed by atoms with Crippen LogP contribution in [0.2, 0.25) is 0 Å². The molecule has 7 heteroatoms. The second-order valence-electron chi connectivity index (χ2n) is 4.66. The maximum Gasteiger partial charge on any atom is 0.220 e.